The first-order valence-corrected chi connectivity index (χ1v) is 5.92. The number of nitrogens with zero attached hydrogens (tertiary/aromatic N) is 1. The number of hydrogen-bond donors (Lipinski definition) is 2. The average Bonchev–Trinajstić information content (AvgIpc) is 2.53. The summed E-state index contributed by atoms with van der Waals surface area (Å²) in [6.07, 6.45) is 2.53. The van der Waals surface area contributed by atoms with Crippen LogP contribution in [0.15, 0.2) is 4.99 Å². The monoisotopic (exact) mass is 225 g/mol. The van der Waals surface area contributed by atoms with Gasteiger partial charge < -0.3 is 10.1 Å². The van der Waals surface area contributed by atoms with E-state index in [1.54, 1.807) is 0 Å². The van der Waals surface area contributed by atoms with Crippen LogP contribution in [-0.4, -0.2) is 36.7 Å². The maximum atomic E-state index is 12.0. The van der Waals surface area contributed by atoms with Crippen LogP contribution in [-0.2, 0) is 9.53 Å². The van der Waals surface area contributed by atoms with Crippen molar-refractivity contribution in [3.05, 3.63) is 0 Å². The van der Waals surface area contributed by atoms with Gasteiger partial charge in [0.2, 0.25) is 0 Å². The Morgan fingerprint density at radius 3 is 3.12 bits per heavy atom. The average molecular weight is 225 g/mol. The predicted molar refractivity (Wildman–Crippen MR) is 61.3 cm³/mol. The van der Waals surface area contributed by atoms with Crippen LogP contribution < -0.4 is 10.6 Å². The molecule has 2 atom stereocenters. The van der Waals surface area contributed by atoms with Crippen LogP contribution in [0.3, 0.4) is 0 Å². The minimum atomic E-state index is -0.482. The Labute approximate surface area is 95.6 Å². The Balaban J connectivity index is 2.08. The van der Waals surface area contributed by atoms with Crippen LogP contribution >= 0.6 is 0 Å². The van der Waals surface area contributed by atoms with E-state index in [0.717, 1.165) is 13.0 Å². The van der Waals surface area contributed by atoms with Gasteiger partial charge in [-0.15, -0.1) is 0 Å². The number of carbonyl (C=O) groups is 1. The van der Waals surface area contributed by atoms with Crippen LogP contribution in [0.4, 0.5) is 0 Å². The van der Waals surface area contributed by atoms with Gasteiger partial charge >= 0.3 is 0 Å². The fourth-order valence-corrected chi connectivity index (χ4v) is 2.25. The summed E-state index contributed by atoms with van der Waals surface area (Å²) < 4.78 is 5.47. The predicted octanol–water partition coefficient (Wildman–Crippen LogP) is 0.409. The number of nitrogens with one attached hydrogen (secondary N) is 2. The number of hydrogen-bond acceptors (Lipinski definition) is 3. The summed E-state index contributed by atoms with van der Waals surface area (Å²) in [6.45, 7) is 5.43. The van der Waals surface area contributed by atoms with Gasteiger partial charge in [-0.1, -0.05) is 6.92 Å². The molecule has 0 aromatic rings. The van der Waals surface area contributed by atoms with Crippen molar-refractivity contribution in [2.24, 2.45) is 4.99 Å². The molecule has 2 aliphatic heterocycles. The highest BCUT2D eigenvalue weighted by Gasteiger charge is 2.47. The molecule has 2 rings (SSSR count). The molecule has 2 N–H and O–H groups in total. The van der Waals surface area contributed by atoms with Gasteiger partial charge in [-0.3, -0.25) is 15.1 Å². The van der Waals surface area contributed by atoms with Crippen LogP contribution in [0.2, 0.25) is 0 Å². The van der Waals surface area contributed by atoms with Gasteiger partial charge in [-0.05, 0) is 13.3 Å². The molecule has 90 valence electrons. The molecule has 1 spiro atoms. The summed E-state index contributed by atoms with van der Waals surface area (Å²) in [4.78, 5) is 16.3. The largest absolute Gasteiger partial charge is 0.378 e. The molecule has 0 saturated carbocycles. The third-order valence-electron chi connectivity index (χ3n) is 3.08. The third-order valence-corrected chi connectivity index (χ3v) is 3.08. The van der Waals surface area contributed by atoms with Crippen LogP contribution in [0.5, 0.6) is 0 Å². The zero-order valence-electron chi connectivity index (χ0n) is 9.88. The van der Waals surface area contributed by atoms with Gasteiger partial charge in [0, 0.05) is 26.0 Å². The van der Waals surface area contributed by atoms with E-state index in [-0.39, 0.29) is 12.0 Å². The van der Waals surface area contributed by atoms with Crippen molar-refractivity contribution in [1.82, 2.24) is 10.6 Å². The van der Waals surface area contributed by atoms with E-state index in [2.05, 4.69) is 22.5 Å². The Morgan fingerprint density at radius 2 is 2.44 bits per heavy atom. The molecule has 2 fully saturated rings. The van der Waals surface area contributed by atoms with E-state index < -0.39 is 5.54 Å². The standard InChI is InChI=1S/C11H19N3O2/c1-3-5-12-10-13-9(15)11(14-10)4-6-16-8(2)7-11/h8H,3-7H2,1-2H3,(H2,12,13,14,15). The number of ether oxygens (including phenoxy) is 1. The third kappa shape index (κ3) is 2.04. The summed E-state index contributed by atoms with van der Waals surface area (Å²) in [5.74, 6) is 0.665. The SMILES string of the molecule is CCCN=C1NC(=O)C2(CCOC(C)C2)N1. The topological polar surface area (TPSA) is 62.7 Å². The maximum absolute atomic E-state index is 12.0. The van der Waals surface area contributed by atoms with Gasteiger partial charge in [-0.2, -0.15) is 0 Å². The minimum Gasteiger partial charge on any atom is -0.378 e. The zero-order chi connectivity index (χ0) is 11.6. The van der Waals surface area contributed by atoms with E-state index >= 15 is 0 Å². The van der Waals surface area contributed by atoms with Crippen molar-refractivity contribution in [3.8, 4) is 0 Å². The summed E-state index contributed by atoms with van der Waals surface area (Å²) in [5, 5.41) is 6.04. The first kappa shape index (κ1) is 11.4. The van der Waals surface area contributed by atoms with Crippen molar-refractivity contribution >= 4 is 11.9 Å². The van der Waals surface area contributed by atoms with Crippen molar-refractivity contribution in [2.75, 3.05) is 13.2 Å². The molecule has 0 bridgehead atoms. The quantitative estimate of drug-likeness (QED) is 0.715. The lowest BCUT2D eigenvalue weighted by atomic mass is 9.87. The van der Waals surface area contributed by atoms with E-state index in [4.69, 9.17) is 4.74 Å². The second-order valence-corrected chi connectivity index (χ2v) is 4.53. The maximum Gasteiger partial charge on any atom is 0.252 e. The fourth-order valence-electron chi connectivity index (χ4n) is 2.25. The Morgan fingerprint density at radius 1 is 1.62 bits per heavy atom. The molecule has 2 aliphatic rings. The fraction of sp³-hybridized carbons (Fsp3) is 0.818. The van der Waals surface area contributed by atoms with E-state index in [1.807, 2.05) is 6.92 Å². The lowest BCUT2D eigenvalue weighted by Gasteiger charge is -2.34. The molecule has 0 aliphatic carbocycles. The smallest absolute Gasteiger partial charge is 0.252 e. The highest BCUT2D eigenvalue weighted by atomic mass is 16.5. The van der Waals surface area contributed by atoms with E-state index in [9.17, 15) is 4.79 Å². The van der Waals surface area contributed by atoms with Gasteiger partial charge in [0.1, 0.15) is 5.54 Å². The second-order valence-electron chi connectivity index (χ2n) is 4.53. The Kier molecular flexibility index (Phi) is 3.14. The highest BCUT2D eigenvalue weighted by molar-refractivity contribution is 6.09. The number of aliphatic imine (C=N–C) groups is 1. The number of guanidine groups is 1. The summed E-state index contributed by atoms with van der Waals surface area (Å²) in [5.41, 5.74) is -0.482. The lowest BCUT2D eigenvalue weighted by molar-refractivity contribution is -0.129. The second kappa shape index (κ2) is 4.41. The molecule has 5 heteroatoms. The number of carbonyl (C=O) groups excluding carboxylic acids is 1. The first-order chi connectivity index (χ1) is 7.66. The molecule has 2 saturated heterocycles. The molecule has 0 aromatic heterocycles. The zero-order valence-corrected chi connectivity index (χ0v) is 9.88. The molecule has 16 heavy (non-hydrogen) atoms. The van der Waals surface area contributed by atoms with Gasteiger partial charge in [-0.25, -0.2) is 0 Å². The van der Waals surface area contributed by atoms with Gasteiger partial charge in [0.15, 0.2) is 5.96 Å². The normalized spacial score (nSPS) is 36.5. The summed E-state index contributed by atoms with van der Waals surface area (Å²) in [7, 11) is 0. The molecular weight excluding hydrogens is 206 g/mol. The summed E-state index contributed by atoms with van der Waals surface area (Å²) >= 11 is 0. The molecule has 0 radical (unpaired) electrons. The molecule has 5 nitrogen and oxygen atoms in total. The molecule has 0 aromatic carbocycles. The Hall–Kier alpha value is -1.10. The van der Waals surface area contributed by atoms with Gasteiger partial charge in [0.05, 0.1) is 6.10 Å². The van der Waals surface area contributed by atoms with E-state index in [1.165, 1.54) is 0 Å². The van der Waals surface area contributed by atoms with E-state index in [0.29, 0.717) is 25.4 Å². The lowest BCUT2D eigenvalue weighted by Crippen LogP contribution is -2.52. The Bertz CT molecular complexity index is 316. The van der Waals surface area contributed by atoms with Crippen LogP contribution in [0, 0.1) is 0 Å². The highest BCUT2D eigenvalue weighted by Crippen LogP contribution is 2.27. The number of amides is 1. The van der Waals surface area contributed by atoms with Crippen LogP contribution in [0.25, 0.3) is 0 Å². The minimum absolute atomic E-state index is 0.0394. The molecule has 2 unspecified atom stereocenters. The van der Waals surface area contributed by atoms with Crippen molar-refractivity contribution in [2.45, 2.75) is 44.8 Å². The van der Waals surface area contributed by atoms with Crippen LogP contribution in [0.1, 0.15) is 33.1 Å². The van der Waals surface area contributed by atoms with Crippen molar-refractivity contribution in [1.29, 1.82) is 0 Å². The summed E-state index contributed by atoms with van der Waals surface area (Å²) in [6, 6.07) is 0. The first-order valence-electron chi connectivity index (χ1n) is 5.92. The number of rotatable bonds is 2. The molecule has 2 heterocycles. The molecular formula is C11H19N3O2. The van der Waals surface area contributed by atoms with Crippen molar-refractivity contribution in [3.63, 3.8) is 0 Å². The van der Waals surface area contributed by atoms with Gasteiger partial charge in [0.25, 0.3) is 5.91 Å². The molecule has 1 amide bonds. The van der Waals surface area contributed by atoms with Crippen molar-refractivity contribution < 1.29 is 9.53 Å².